The number of benzene rings is 3. The monoisotopic (exact) mass is 558 g/mol. The maximum absolute atomic E-state index is 13.2. The van der Waals surface area contributed by atoms with E-state index in [9.17, 15) is 4.79 Å². The summed E-state index contributed by atoms with van der Waals surface area (Å²) in [5.74, 6) is 2.20. The summed E-state index contributed by atoms with van der Waals surface area (Å²) in [5.41, 5.74) is 5.08. The maximum Gasteiger partial charge on any atom is 0.312 e. The molecule has 3 aromatic rings. The number of hydrogen-bond acceptors (Lipinski definition) is 7. The summed E-state index contributed by atoms with van der Waals surface area (Å²) in [6, 6.07) is 18.5. The van der Waals surface area contributed by atoms with Crippen LogP contribution in [0.4, 0.5) is 5.69 Å². The van der Waals surface area contributed by atoms with Crippen LogP contribution in [0.25, 0.3) is 0 Å². The van der Waals surface area contributed by atoms with E-state index in [4.69, 9.17) is 18.9 Å². The molecule has 0 N–H and O–H groups in total. The third-order valence-electron chi connectivity index (χ3n) is 8.52. The minimum Gasteiger partial charge on any atom is -0.497 e. The van der Waals surface area contributed by atoms with Crippen molar-refractivity contribution in [3.63, 3.8) is 0 Å². The van der Waals surface area contributed by atoms with Crippen molar-refractivity contribution in [3.8, 4) is 23.0 Å². The molecule has 0 bridgehead atoms. The Balaban J connectivity index is 1.65. The number of ether oxygens (including phenoxy) is 4. The second-order valence-corrected chi connectivity index (χ2v) is 11.2. The van der Waals surface area contributed by atoms with Gasteiger partial charge in [-0.3, -0.25) is 4.79 Å². The number of carbonyl (C=O) groups is 1. The predicted octanol–water partition coefficient (Wildman–Crippen LogP) is 6.23. The van der Waals surface area contributed by atoms with Gasteiger partial charge in [0.15, 0.2) is 0 Å². The van der Waals surface area contributed by atoms with Crippen molar-refractivity contribution in [2.75, 3.05) is 60.0 Å². The lowest BCUT2D eigenvalue weighted by atomic mass is 9.80. The molecule has 41 heavy (non-hydrogen) atoms. The van der Waals surface area contributed by atoms with Crippen LogP contribution in [0.15, 0.2) is 54.6 Å². The van der Waals surface area contributed by atoms with Gasteiger partial charge in [0, 0.05) is 48.8 Å². The average molecular weight is 559 g/mol. The molecule has 0 unspecified atom stereocenters. The Morgan fingerprint density at radius 1 is 0.902 bits per heavy atom. The van der Waals surface area contributed by atoms with Crippen molar-refractivity contribution in [1.29, 1.82) is 0 Å². The molecule has 0 radical (unpaired) electrons. The molecule has 7 heteroatoms. The highest BCUT2D eigenvalue weighted by atomic mass is 16.5. The molecule has 5 rings (SSSR count). The van der Waals surface area contributed by atoms with Crippen LogP contribution >= 0.6 is 0 Å². The van der Waals surface area contributed by atoms with Gasteiger partial charge in [-0.05, 0) is 74.3 Å². The van der Waals surface area contributed by atoms with Crippen LogP contribution in [0.3, 0.4) is 0 Å². The van der Waals surface area contributed by atoms with E-state index in [-0.39, 0.29) is 24.2 Å². The Bertz CT molecular complexity index is 1330. The fourth-order valence-corrected chi connectivity index (χ4v) is 6.27. The molecule has 2 heterocycles. The van der Waals surface area contributed by atoms with Gasteiger partial charge in [-0.25, -0.2) is 0 Å². The van der Waals surface area contributed by atoms with Crippen LogP contribution in [0.2, 0.25) is 0 Å². The summed E-state index contributed by atoms with van der Waals surface area (Å²) in [6.07, 6.45) is 4.88. The zero-order valence-electron chi connectivity index (χ0n) is 24.9. The molecule has 2 atom stereocenters. The van der Waals surface area contributed by atoms with Gasteiger partial charge in [0.2, 0.25) is 0 Å². The summed E-state index contributed by atoms with van der Waals surface area (Å²) in [4.78, 5) is 17.9. The quantitative estimate of drug-likeness (QED) is 0.216. The van der Waals surface area contributed by atoms with Crippen LogP contribution in [-0.4, -0.2) is 65.9 Å². The van der Waals surface area contributed by atoms with Gasteiger partial charge < -0.3 is 28.7 Å². The highest BCUT2D eigenvalue weighted by molar-refractivity contribution is 5.81. The number of esters is 1. The van der Waals surface area contributed by atoms with Gasteiger partial charge in [0.05, 0.1) is 27.8 Å². The molecule has 3 aromatic carbocycles. The van der Waals surface area contributed by atoms with Crippen LogP contribution in [0.5, 0.6) is 23.0 Å². The van der Waals surface area contributed by atoms with Gasteiger partial charge >= 0.3 is 5.97 Å². The average Bonchev–Trinajstić information content (AvgIpc) is 3.01. The van der Waals surface area contributed by atoms with Gasteiger partial charge in [-0.15, -0.1) is 0 Å². The van der Waals surface area contributed by atoms with Crippen molar-refractivity contribution in [2.45, 2.75) is 43.9 Å². The number of methoxy groups -OCH3 is 3. The first-order valence-electron chi connectivity index (χ1n) is 14.6. The zero-order chi connectivity index (χ0) is 28.9. The topological polar surface area (TPSA) is 60.5 Å². The normalized spacial score (nSPS) is 17.8. The maximum atomic E-state index is 13.2. The molecule has 2 aliphatic heterocycles. The van der Waals surface area contributed by atoms with Crippen LogP contribution < -0.4 is 23.8 Å². The lowest BCUT2D eigenvalue weighted by molar-refractivity contribution is -0.135. The molecule has 0 aliphatic carbocycles. The fraction of sp³-hybridized carbons (Fsp3) is 0.441. The highest BCUT2D eigenvalue weighted by Gasteiger charge is 2.37. The van der Waals surface area contributed by atoms with Crippen molar-refractivity contribution in [3.05, 3.63) is 76.9 Å². The van der Waals surface area contributed by atoms with E-state index < -0.39 is 0 Å². The van der Waals surface area contributed by atoms with Crippen LogP contribution in [0, 0.1) is 0 Å². The van der Waals surface area contributed by atoms with E-state index in [1.165, 1.54) is 19.3 Å². The largest absolute Gasteiger partial charge is 0.497 e. The number of nitrogens with zero attached hydrogens (tertiary/aromatic N) is 2. The molecule has 7 nitrogen and oxygen atoms in total. The second kappa shape index (κ2) is 12.9. The first kappa shape index (κ1) is 28.8. The number of hydrogen-bond donors (Lipinski definition) is 0. The number of carbonyl (C=O) groups excluding carboxylic acids is 1. The van der Waals surface area contributed by atoms with Gasteiger partial charge in [-0.1, -0.05) is 30.7 Å². The third kappa shape index (κ3) is 6.15. The molecule has 1 fully saturated rings. The van der Waals surface area contributed by atoms with E-state index in [0.29, 0.717) is 17.2 Å². The van der Waals surface area contributed by atoms with Gasteiger partial charge in [-0.2, -0.15) is 0 Å². The zero-order valence-corrected chi connectivity index (χ0v) is 24.9. The minimum absolute atomic E-state index is 0.0555. The van der Waals surface area contributed by atoms with E-state index in [0.717, 1.165) is 59.7 Å². The Morgan fingerprint density at radius 2 is 1.59 bits per heavy atom. The molecule has 2 aliphatic rings. The second-order valence-electron chi connectivity index (χ2n) is 11.2. The Morgan fingerprint density at radius 3 is 2.20 bits per heavy atom. The van der Waals surface area contributed by atoms with E-state index in [2.05, 4.69) is 46.2 Å². The smallest absolute Gasteiger partial charge is 0.312 e. The summed E-state index contributed by atoms with van der Waals surface area (Å²) < 4.78 is 23.5. The molecule has 0 amide bonds. The van der Waals surface area contributed by atoms with Crippen molar-refractivity contribution < 1.29 is 23.7 Å². The van der Waals surface area contributed by atoms with Gasteiger partial charge in [0.1, 0.15) is 23.0 Å². The number of likely N-dealkylation sites (tertiary alicyclic amines) is 1. The third-order valence-corrected chi connectivity index (χ3v) is 8.52. The summed E-state index contributed by atoms with van der Waals surface area (Å²) in [6.45, 7) is 3.18. The molecule has 218 valence electrons. The fourth-order valence-electron chi connectivity index (χ4n) is 6.27. The molecule has 1 saturated heterocycles. The predicted molar refractivity (Wildman–Crippen MR) is 162 cm³/mol. The standard InChI is InChI=1S/C34H42N2O5/c1-35(2)25-13-9-24(10-14-25)28-21-31(37)41-34-32(29(39-4)22-30(40-5)33(28)34)27(17-20-36-18-7-6-8-19-36)23-11-15-26(38-3)16-12-23/h9-16,22,27-28H,6-8,17-21H2,1-5H3/t27-,28-/m1/s1. The molecular formula is C34H42N2O5. The molecule has 0 saturated carbocycles. The van der Waals surface area contributed by atoms with Crippen molar-refractivity contribution >= 4 is 11.7 Å². The Hall–Kier alpha value is -3.71. The van der Waals surface area contributed by atoms with Gasteiger partial charge in [0.25, 0.3) is 0 Å². The van der Waals surface area contributed by atoms with E-state index >= 15 is 0 Å². The van der Waals surface area contributed by atoms with Crippen LogP contribution in [-0.2, 0) is 4.79 Å². The van der Waals surface area contributed by atoms with Crippen molar-refractivity contribution in [2.24, 2.45) is 0 Å². The Kier molecular flexibility index (Phi) is 9.03. The lowest BCUT2D eigenvalue weighted by Gasteiger charge is -2.33. The number of rotatable bonds is 10. The SMILES string of the molecule is COc1ccc([C@@H](CCN2CCCCC2)c2c(OC)cc(OC)c3c2OC(=O)C[C@@H]3c2ccc(N(C)C)cc2)cc1. The highest BCUT2D eigenvalue weighted by Crippen LogP contribution is 2.53. The summed E-state index contributed by atoms with van der Waals surface area (Å²) in [7, 11) is 9.05. The first-order valence-corrected chi connectivity index (χ1v) is 14.6. The number of anilines is 1. The lowest BCUT2D eigenvalue weighted by Crippen LogP contribution is -2.31. The Labute approximate surface area is 244 Å². The van der Waals surface area contributed by atoms with Crippen molar-refractivity contribution in [1.82, 2.24) is 4.90 Å². The first-order chi connectivity index (χ1) is 19.9. The molecular weight excluding hydrogens is 516 g/mol. The number of fused-ring (bicyclic) bond motifs is 1. The van der Waals surface area contributed by atoms with Crippen LogP contribution in [0.1, 0.15) is 66.2 Å². The molecule has 0 spiro atoms. The van der Waals surface area contributed by atoms with E-state index in [1.54, 1.807) is 21.3 Å². The summed E-state index contributed by atoms with van der Waals surface area (Å²) >= 11 is 0. The number of piperidine rings is 1. The van der Waals surface area contributed by atoms with E-state index in [1.807, 2.05) is 32.3 Å². The minimum atomic E-state index is -0.250. The molecule has 0 aromatic heterocycles. The summed E-state index contributed by atoms with van der Waals surface area (Å²) in [5, 5.41) is 0.